The van der Waals surface area contributed by atoms with Crippen molar-refractivity contribution in [1.82, 2.24) is 14.5 Å². The van der Waals surface area contributed by atoms with Gasteiger partial charge in [-0.1, -0.05) is 13.8 Å². The second-order valence-corrected chi connectivity index (χ2v) is 14.9. The van der Waals surface area contributed by atoms with Gasteiger partial charge in [-0.25, -0.2) is 23.7 Å². The Bertz CT molecular complexity index is 1770. The van der Waals surface area contributed by atoms with Gasteiger partial charge in [0.1, 0.15) is 35.9 Å². The number of rotatable bonds is 15. The SMILES string of the molecule is COc1ccc(C(OCc2cn([C@H]3CC(O)[C@@H](COP(=O)(O)OP(=O)(O)OP(=O)(O)O)O3)c3ncnc(N)c23)C(C)C)c([N+](=O)[O-])c1. The van der Waals surface area contributed by atoms with Gasteiger partial charge in [0, 0.05) is 18.2 Å². The van der Waals surface area contributed by atoms with Gasteiger partial charge in [0.25, 0.3) is 5.69 Å². The zero-order valence-corrected chi connectivity index (χ0v) is 27.5. The summed E-state index contributed by atoms with van der Waals surface area (Å²) in [6.45, 7) is 2.67. The fourth-order valence-electron chi connectivity index (χ4n) is 4.89. The summed E-state index contributed by atoms with van der Waals surface area (Å²) in [5, 5.41) is 22.8. The number of hydrogen-bond donors (Lipinski definition) is 6. The van der Waals surface area contributed by atoms with Gasteiger partial charge in [-0.05, 0) is 18.1 Å². The monoisotopic (exact) mass is 727 g/mol. The molecule has 0 spiro atoms. The molecule has 6 atom stereocenters. The molecule has 1 aliphatic rings. The predicted octanol–water partition coefficient (Wildman–Crippen LogP) is 2.84. The van der Waals surface area contributed by atoms with Crippen molar-refractivity contribution in [3.63, 3.8) is 0 Å². The van der Waals surface area contributed by atoms with E-state index in [1.165, 1.54) is 24.1 Å². The maximum Gasteiger partial charge on any atom is 0.490 e. The molecule has 1 saturated heterocycles. The van der Waals surface area contributed by atoms with E-state index in [2.05, 4.69) is 23.1 Å². The standard InChI is InChI=1S/C23H32N5O16P3/c1-12(2)21(15-5-4-14(39-3)6-16(15)28(30)31)40-9-13-8-27(23-20(13)22(24)25-11-26-23)19-7-17(29)18(42-19)10-41-46(35,36)44-47(37,38)43-45(32,33)34/h4-6,8,11-12,17-19,21,29H,7,9-10H2,1-3H3,(H,35,36)(H,37,38)(H2,24,25,26)(H2,32,33,34)/t17?,18-,19-,21?/m1/s1. The third kappa shape index (κ3) is 9.18. The number of anilines is 1. The van der Waals surface area contributed by atoms with Crippen molar-refractivity contribution in [3.05, 3.63) is 52.0 Å². The first-order valence-electron chi connectivity index (χ1n) is 13.5. The van der Waals surface area contributed by atoms with Crippen LogP contribution in [0.3, 0.4) is 0 Å². The quantitative estimate of drug-likeness (QED) is 0.0744. The normalized spacial score (nSPS) is 21.9. The van der Waals surface area contributed by atoms with E-state index in [4.69, 9.17) is 29.7 Å². The first kappa shape index (κ1) is 37.0. The van der Waals surface area contributed by atoms with Crippen molar-refractivity contribution in [1.29, 1.82) is 0 Å². The molecule has 0 amide bonds. The summed E-state index contributed by atoms with van der Waals surface area (Å²) >= 11 is 0. The van der Waals surface area contributed by atoms with Crippen LogP contribution in [-0.4, -0.2) is 70.1 Å². The predicted molar refractivity (Wildman–Crippen MR) is 158 cm³/mol. The van der Waals surface area contributed by atoms with E-state index in [1.807, 2.05) is 13.8 Å². The molecule has 0 saturated carbocycles. The zero-order valence-electron chi connectivity index (χ0n) is 24.8. The molecule has 1 aromatic carbocycles. The van der Waals surface area contributed by atoms with Crippen molar-refractivity contribution in [2.75, 3.05) is 19.5 Å². The zero-order chi connectivity index (χ0) is 34.9. The molecule has 3 aromatic rings. The maximum atomic E-state index is 12.1. The van der Waals surface area contributed by atoms with Crippen molar-refractivity contribution in [2.45, 2.75) is 51.4 Å². The van der Waals surface area contributed by atoms with E-state index in [-0.39, 0.29) is 36.1 Å². The lowest BCUT2D eigenvalue weighted by Gasteiger charge is -2.22. The van der Waals surface area contributed by atoms with Crippen molar-refractivity contribution in [3.8, 4) is 5.75 Å². The molecule has 7 N–H and O–H groups in total. The molecule has 1 fully saturated rings. The Labute approximate surface area is 265 Å². The highest BCUT2D eigenvalue weighted by Gasteiger charge is 2.43. The number of aliphatic hydroxyl groups excluding tert-OH is 1. The fraction of sp³-hybridized carbons (Fsp3) is 0.478. The van der Waals surface area contributed by atoms with Crippen LogP contribution in [0.5, 0.6) is 5.75 Å². The van der Waals surface area contributed by atoms with Crippen molar-refractivity contribution >= 4 is 46.0 Å². The van der Waals surface area contributed by atoms with E-state index >= 15 is 0 Å². The second-order valence-electron chi connectivity index (χ2n) is 10.5. The average Bonchev–Trinajstić information content (AvgIpc) is 3.50. The molecule has 4 rings (SSSR count). The molecule has 0 bridgehead atoms. The second kappa shape index (κ2) is 14.3. The number of fused-ring (bicyclic) bond motifs is 1. The first-order chi connectivity index (χ1) is 21.8. The summed E-state index contributed by atoms with van der Waals surface area (Å²) < 4.78 is 65.2. The summed E-state index contributed by atoms with van der Waals surface area (Å²) in [5.41, 5.74) is 7.03. The Morgan fingerprint density at radius 1 is 1.15 bits per heavy atom. The van der Waals surface area contributed by atoms with Crippen LogP contribution in [0.2, 0.25) is 0 Å². The van der Waals surface area contributed by atoms with Gasteiger partial charge in [0.15, 0.2) is 0 Å². The molecule has 21 nitrogen and oxygen atoms in total. The number of nitro groups is 1. The minimum Gasteiger partial charge on any atom is -0.497 e. The van der Waals surface area contributed by atoms with Gasteiger partial charge in [-0.15, -0.1) is 0 Å². The van der Waals surface area contributed by atoms with Gasteiger partial charge < -0.3 is 49.2 Å². The fourth-order valence-corrected chi connectivity index (χ4v) is 7.92. The van der Waals surface area contributed by atoms with Crippen LogP contribution in [0, 0.1) is 16.0 Å². The summed E-state index contributed by atoms with van der Waals surface area (Å²) in [6.07, 6.45) is -1.67. The van der Waals surface area contributed by atoms with E-state index < -0.39 is 59.5 Å². The van der Waals surface area contributed by atoms with Crippen molar-refractivity contribution < 1.29 is 70.7 Å². The van der Waals surface area contributed by atoms with Crippen molar-refractivity contribution in [2.24, 2.45) is 5.92 Å². The van der Waals surface area contributed by atoms with E-state index in [1.54, 1.807) is 18.3 Å². The molecule has 260 valence electrons. The lowest BCUT2D eigenvalue weighted by Crippen LogP contribution is -2.26. The maximum absolute atomic E-state index is 12.1. The number of ether oxygens (including phenoxy) is 3. The Morgan fingerprint density at radius 2 is 1.85 bits per heavy atom. The molecule has 1 aliphatic heterocycles. The number of methoxy groups -OCH3 is 1. The van der Waals surface area contributed by atoms with E-state index in [0.717, 1.165) is 0 Å². The third-order valence-corrected chi connectivity index (χ3v) is 10.6. The van der Waals surface area contributed by atoms with Gasteiger partial charge in [0.2, 0.25) is 0 Å². The van der Waals surface area contributed by atoms with Crippen LogP contribution in [0.15, 0.2) is 30.7 Å². The van der Waals surface area contributed by atoms with E-state index in [0.29, 0.717) is 22.3 Å². The molecule has 4 unspecified atom stereocenters. The summed E-state index contributed by atoms with van der Waals surface area (Å²) in [7, 11) is -15.4. The first-order valence-corrected chi connectivity index (χ1v) is 18.0. The molecule has 0 radical (unpaired) electrons. The highest BCUT2D eigenvalue weighted by atomic mass is 31.3. The molecule has 2 aromatic heterocycles. The molecule has 24 heteroatoms. The minimum absolute atomic E-state index is 0.0756. The Hall–Kier alpha value is -2.87. The van der Waals surface area contributed by atoms with Crippen LogP contribution >= 0.6 is 23.5 Å². The van der Waals surface area contributed by atoms with Crippen LogP contribution in [0.1, 0.15) is 43.7 Å². The third-order valence-electron chi connectivity index (χ3n) is 6.81. The summed E-state index contributed by atoms with van der Waals surface area (Å²) in [4.78, 5) is 56.0. The van der Waals surface area contributed by atoms with Gasteiger partial charge >= 0.3 is 23.5 Å². The number of aromatic nitrogens is 3. The number of nitrogens with zero attached hydrogens (tertiary/aromatic N) is 4. The van der Waals surface area contributed by atoms with Crippen LogP contribution in [0.4, 0.5) is 11.5 Å². The van der Waals surface area contributed by atoms with Gasteiger partial charge in [0.05, 0.1) is 54.5 Å². The topological polar surface area (TPSA) is 308 Å². The number of phosphoric ester groups is 1. The highest BCUT2D eigenvalue weighted by Crippen LogP contribution is 2.66. The lowest BCUT2D eigenvalue weighted by molar-refractivity contribution is -0.386. The molecule has 3 heterocycles. The Morgan fingerprint density at radius 3 is 2.47 bits per heavy atom. The number of nitrogens with two attached hydrogens (primary N) is 1. The average molecular weight is 727 g/mol. The van der Waals surface area contributed by atoms with Crippen LogP contribution < -0.4 is 10.5 Å². The van der Waals surface area contributed by atoms with Crippen LogP contribution in [0.25, 0.3) is 11.0 Å². The molecular weight excluding hydrogens is 695 g/mol. The number of nitro benzene ring substituents is 1. The molecular formula is C23H32N5O16P3. The number of benzene rings is 1. The van der Waals surface area contributed by atoms with E-state index in [9.17, 15) is 38.7 Å². The van der Waals surface area contributed by atoms with Gasteiger partial charge in [-0.2, -0.15) is 8.62 Å². The number of hydrogen-bond acceptors (Lipinski definition) is 15. The number of aliphatic hydroxyl groups is 1. The van der Waals surface area contributed by atoms with Gasteiger partial charge in [-0.3, -0.25) is 14.6 Å². The Balaban J connectivity index is 1.54. The lowest BCUT2D eigenvalue weighted by atomic mass is 9.97. The largest absolute Gasteiger partial charge is 0.497 e. The smallest absolute Gasteiger partial charge is 0.490 e. The minimum atomic E-state index is -5.74. The summed E-state index contributed by atoms with van der Waals surface area (Å²) in [6, 6.07) is 4.44. The summed E-state index contributed by atoms with van der Waals surface area (Å²) in [5.74, 6) is 0.161. The molecule has 0 aliphatic carbocycles. The highest BCUT2D eigenvalue weighted by molar-refractivity contribution is 7.66. The van der Waals surface area contributed by atoms with Crippen LogP contribution in [-0.2, 0) is 42.9 Å². The Kier molecular flexibility index (Phi) is 11.3. The number of nitrogen functional groups attached to an aromatic ring is 1. The number of phosphoric acid groups is 3. The molecule has 47 heavy (non-hydrogen) atoms.